The van der Waals surface area contributed by atoms with Crippen LogP contribution in [0.5, 0.6) is 0 Å². The third-order valence-electron chi connectivity index (χ3n) is 2.93. The first-order chi connectivity index (χ1) is 7.27. The topological polar surface area (TPSA) is 23.8 Å². The Morgan fingerprint density at radius 3 is 2.73 bits per heavy atom. The molecule has 0 bridgehead atoms. The van der Waals surface area contributed by atoms with Gasteiger partial charge in [-0.15, -0.1) is 6.58 Å². The molecule has 1 nitrogen and oxygen atoms in total. The number of benzene rings is 1. The molecular formula is C14H14N. The highest BCUT2D eigenvalue weighted by molar-refractivity contribution is 5.49. The maximum absolute atomic E-state index is 9.08. The molecule has 1 atom stereocenters. The van der Waals surface area contributed by atoms with Gasteiger partial charge in [0, 0.05) is 5.92 Å². The standard InChI is InChI=1S/C14H14N/c1-3-10(2)13-6-4-5-12(9-15)14(13)11-7-8-11/h3-6,10-11H,1-2,7-8H2. The van der Waals surface area contributed by atoms with E-state index in [0.717, 1.165) is 5.56 Å². The first-order valence-corrected chi connectivity index (χ1v) is 5.26. The summed E-state index contributed by atoms with van der Waals surface area (Å²) in [6.07, 6.45) is 4.24. The molecule has 1 saturated carbocycles. The Morgan fingerprint density at radius 1 is 1.47 bits per heavy atom. The number of hydrogen-bond donors (Lipinski definition) is 0. The molecule has 1 aliphatic carbocycles. The van der Waals surface area contributed by atoms with Crippen molar-refractivity contribution in [2.75, 3.05) is 0 Å². The monoisotopic (exact) mass is 196 g/mol. The molecule has 1 unspecified atom stereocenters. The van der Waals surface area contributed by atoms with Crippen LogP contribution < -0.4 is 0 Å². The van der Waals surface area contributed by atoms with Gasteiger partial charge < -0.3 is 0 Å². The number of nitriles is 1. The zero-order chi connectivity index (χ0) is 10.8. The van der Waals surface area contributed by atoms with Crippen LogP contribution in [0.3, 0.4) is 0 Å². The van der Waals surface area contributed by atoms with Gasteiger partial charge in [-0.05, 0) is 42.9 Å². The van der Waals surface area contributed by atoms with Crippen molar-refractivity contribution in [2.24, 2.45) is 0 Å². The van der Waals surface area contributed by atoms with Gasteiger partial charge in [-0.2, -0.15) is 5.26 Å². The maximum Gasteiger partial charge on any atom is 0.0994 e. The van der Waals surface area contributed by atoms with Crippen LogP contribution in [0.15, 0.2) is 30.9 Å². The summed E-state index contributed by atoms with van der Waals surface area (Å²) in [6, 6.07) is 8.17. The molecule has 1 heteroatoms. The average molecular weight is 196 g/mol. The number of allylic oxidation sites excluding steroid dienone is 1. The Kier molecular flexibility index (Phi) is 2.60. The highest BCUT2D eigenvalue weighted by Crippen LogP contribution is 2.44. The molecule has 2 rings (SSSR count). The van der Waals surface area contributed by atoms with E-state index >= 15 is 0 Å². The lowest BCUT2D eigenvalue weighted by Crippen LogP contribution is -1.99. The van der Waals surface area contributed by atoms with E-state index in [9.17, 15) is 0 Å². The van der Waals surface area contributed by atoms with Crippen LogP contribution in [0.4, 0.5) is 0 Å². The molecule has 75 valence electrons. The predicted octanol–water partition coefficient (Wildman–Crippen LogP) is 3.54. The molecular weight excluding hydrogens is 182 g/mol. The zero-order valence-corrected chi connectivity index (χ0v) is 8.74. The molecule has 1 aliphatic rings. The SMILES string of the molecule is [CH2]C(C=C)c1cccc(C#N)c1C1CC1. The third kappa shape index (κ3) is 1.80. The van der Waals surface area contributed by atoms with E-state index in [0.29, 0.717) is 5.92 Å². The van der Waals surface area contributed by atoms with Crippen molar-refractivity contribution in [1.82, 2.24) is 0 Å². The molecule has 0 N–H and O–H groups in total. The lowest BCUT2D eigenvalue weighted by Gasteiger charge is -2.13. The van der Waals surface area contributed by atoms with E-state index < -0.39 is 0 Å². The molecule has 0 spiro atoms. The van der Waals surface area contributed by atoms with Crippen molar-refractivity contribution in [1.29, 1.82) is 5.26 Å². The molecule has 1 fully saturated rings. The summed E-state index contributed by atoms with van der Waals surface area (Å²) in [4.78, 5) is 0. The summed E-state index contributed by atoms with van der Waals surface area (Å²) in [5.41, 5.74) is 3.19. The van der Waals surface area contributed by atoms with Crippen molar-refractivity contribution in [2.45, 2.75) is 24.7 Å². The quantitative estimate of drug-likeness (QED) is 0.678. The molecule has 0 amide bonds. The molecule has 15 heavy (non-hydrogen) atoms. The minimum absolute atomic E-state index is 0.0916. The van der Waals surface area contributed by atoms with Gasteiger partial charge in [0.15, 0.2) is 0 Å². The predicted molar refractivity (Wildman–Crippen MR) is 61.4 cm³/mol. The highest BCUT2D eigenvalue weighted by Gasteiger charge is 2.29. The van der Waals surface area contributed by atoms with Crippen LogP contribution in [-0.4, -0.2) is 0 Å². The fourth-order valence-electron chi connectivity index (χ4n) is 1.96. The second kappa shape index (κ2) is 3.90. The van der Waals surface area contributed by atoms with E-state index in [-0.39, 0.29) is 5.92 Å². The van der Waals surface area contributed by atoms with Gasteiger partial charge in [0.1, 0.15) is 0 Å². The number of nitrogens with zero attached hydrogens (tertiary/aromatic N) is 1. The van der Waals surface area contributed by atoms with Crippen molar-refractivity contribution in [3.8, 4) is 6.07 Å². The molecule has 1 aromatic carbocycles. The summed E-state index contributed by atoms with van der Waals surface area (Å²) < 4.78 is 0. The van der Waals surface area contributed by atoms with Crippen LogP contribution in [0.1, 0.15) is 41.4 Å². The van der Waals surface area contributed by atoms with E-state index in [1.165, 1.54) is 24.0 Å². The summed E-state index contributed by atoms with van der Waals surface area (Å²) >= 11 is 0. The second-order valence-corrected chi connectivity index (χ2v) is 4.04. The average Bonchev–Trinajstić information content (AvgIpc) is 3.10. The van der Waals surface area contributed by atoms with Crippen LogP contribution in [0.2, 0.25) is 0 Å². The third-order valence-corrected chi connectivity index (χ3v) is 2.93. The summed E-state index contributed by atoms with van der Waals surface area (Å²) in [7, 11) is 0. The van der Waals surface area contributed by atoms with Crippen LogP contribution in [-0.2, 0) is 0 Å². The Morgan fingerprint density at radius 2 is 2.20 bits per heavy atom. The fraction of sp³-hybridized carbons (Fsp3) is 0.286. The normalized spacial score (nSPS) is 16.8. The first kappa shape index (κ1) is 9.98. The molecule has 0 saturated heterocycles. The smallest absolute Gasteiger partial charge is 0.0994 e. The lowest BCUT2D eigenvalue weighted by molar-refractivity contribution is 0.993. The van der Waals surface area contributed by atoms with Crippen LogP contribution in [0.25, 0.3) is 0 Å². The van der Waals surface area contributed by atoms with Crippen LogP contribution in [0, 0.1) is 18.3 Å². The van der Waals surface area contributed by atoms with Crippen LogP contribution >= 0.6 is 0 Å². The minimum atomic E-state index is 0.0916. The van der Waals surface area contributed by atoms with Gasteiger partial charge >= 0.3 is 0 Å². The first-order valence-electron chi connectivity index (χ1n) is 5.26. The Labute approximate surface area is 91.0 Å². The molecule has 0 heterocycles. The Hall–Kier alpha value is -1.55. The van der Waals surface area contributed by atoms with Gasteiger partial charge in [0.05, 0.1) is 11.6 Å². The van der Waals surface area contributed by atoms with Gasteiger partial charge in [-0.3, -0.25) is 0 Å². The maximum atomic E-state index is 9.08. The summed E-state index contributed by atoms with van der Waals surface area (Å²) in [5, 5.41) is 9.08. The Bertz CT molecular complexity index is 421. The van der Waals surface area contributed by atoms with E-state index in [2.05, 4.69) is 25.6 Å². The minimum Gasteiger partial charge on any atom is -0.192 e. The molecule has 0 aliphatic heterocycles. The van der Waals surface area contributed by atoms with Gasteiger partial charge in [-0.1, -0.05) is 18.2 Å². The van der Waals surface area contributed by atoms with Gasteiger partial charge in [0.25, 0.3) is 0 Å². The lowest BCUT2D eigenvalue weighted by atomic mass is 9.90. The van der Waals surface area contributed by atoms with Gasteiger partial charge in [-0.25, -0.2) is 0 Å². The molecule has 1 aromatic rings. The van der Waals surface area contributed by atoms with Crippen molar-refractivity contribution >= 4 is 0 Å². The van der Waals surface area contributed by atoms with Crippen molar-refractivity contribution in [3.63, 3.8) is 0 Å². The second-order valence-electron chi connectivity index (χ2n) is 4.04. The summed E-state index contributed by atoms with van der Waals surface area (Å²) in [6.45, 7) is 7.81. The highest BCUT2D eigenvalue weighted by atomic mass is 14.3. The molecule has 0 aromatic heterocycles. The van der Waals surface area contributed by atoms with Gasteiger partial charge in [0.2, 0.25) is 0 Å². The fourth-order valence-corrected chi connectivity index (χ4v) is 1.96. The van der Waals surface area contributed by atoms with Crippen molar-refractivity contribution in [3.05, 3.63) is 54.5 Å². The van der Waals surface area contributed by atoms with E-state index in [1.807, 2.05) is 18.2 Å². The summed E-state index contributed by atoms with van der Waals surface area (Å²) in [5.74, 6) is 0.675. The van der Waals surface area contributed by atoms with E-state index in [4.69, 9.17) is 5.26 Å². The number of hydrogen-bond acceptors (Lipinski definition) is 1. The zero-order valence-electron chi connectivity index (χ0n) is 8.74. The largest absolute Gasteiger partial charge is 0.192 e. The van der Waals surface area contributed by atoms with E-state index in [1.54, 1.807) is 0 Å². The van der Waals surface area contributed by atoms with Crippen molar-refractivity contribution < 1.29 is 0 Å². The Balaban J connectivity index is 2.53. The number of rotatable bonds is 3. The molecule has 1 radical (unpaired) electrons.